The van der Waals surface area contributed by atoms with Crippen LogP contribution in [0.15, 0.2) is 35.3 Å². The largest absolute Gasteiger partial charge is 0.339 e. The second-order valence-electron chi connectivity index (χ2n) is 6.40. The molecule has 6 nitrogen and oxygen atoms in total. The fourth-order valence-corrected chi connectivity index (χ4v) is 3.10. The molecule has 0 bridgehead atoms. The Bertz CT molecular complexity index is 917. The Morgan fingerprint density at radius 2 is 1.86 bits per heavy atom. The Balaban J connectivity index is 2.39. The van der Waals surface area contributed by atoms with Gasteiger partial charge in [-0.15, -0.1) is 0 Å². The summed E-state index contributed by atoms with van der Waals surface area (Å²) in [5.41, 5.74) is -0.735. The third-order valence-corrected chi connectivity index (χ3v) is 4.46. The molecule has 0 saturated heterocycles. The quantitative estimate of drug-likeness (QED) is 0.760. The molecule has 0 radical (unpaired) electrons. The lowest BCUT2D eigenvalue weighted by atomic mass is 10.1. The number of rotatable bonds is 7. The molecule has 2 amide bonds. The lowest BCUT2D eigenvalue weighted by Crippen LogP contribution is -2.34. The smallest absolute Gasteiger partial charge is 0.274 e. The Morgan fingerprint density at radius 3 is 2.43 bits per heavy atom. The average Bonchev–Trinajstić information content (AvgIpc) is 2.64. The maximum absolute atomic E-state index is 14.0. The number of aromatic nitrogens is 1. The molecule has 1 heterocycles. The lowest BCUT2D eigenvalue weighted by Gasteiger charge is -2.22. The van der Waals surface area contributed by atoms with E-state index in [4.69, 9.17) is 11.6 Å². The van der Waals surface area contributed by atoms with Gasteiger partial charge in [-0.1, -0.05) is 31.5 Å². The van der Waals surface area contributed by atoms with Crippen molar-refractivity contribution in [3.63, 3.8) is 0 Å². The summed E-state index contributed by atoms with van der Waals surface area (Å²) in [5, 5.41) is 2.31. The van der Waals surface area contributed by atoms with Gasteiger partial charge in [0.25, 0.3) is 17.4 Å². The maximum atomic E-state index is 14.0. The number of halogens is 2. The van der Waals surface area contributed by atoms with E-state index in [9.17, 15) is 18.8 Å². The first-order chi connectivity index (χ1) is 13.3. The van der Waals surface area contributed by atoms with Crippen molar-refractivity contribution in [1.82, 2.24) is 9.47 Å². The van der Waals surface area contributed by atoms with Crippen LogP contribution in [0.4, 0.5) is 10.1 Å². The van der Waals surface area contributed by atoms with Crippen molar-refractivity contribution >= 4 is 29.1 Å². The molecular weight excluding hydrogens is 385 g/mol. The molecule has 150 valence electrons. The highest BCUT2D eigenvalue weighted by atomic mass is 35.5. The summed E-state index contributed by atoms with van der Waals surface area (Å²) in [4.78, 5) is 39.4. The fraction of sp³-hybridized carbons (Fsp3) is 0.350. The summed E-state index contributed by atoms with van der Waals surface area (Å²) in [6.45, 7) is 5.12. The predicted octanol–water partition coefficient (Wildman–Crippen LogP) is 3.69. The molecule has 1 aromatic heterocycles. The first-order valence-electron chi connectivity index (χ1n) is 9.05. The molecule has 1 aromatic carbocycles. The van der Waals surface area contributed by atoms with Crippen LogP contribution in [-0.4, -0.2) is 34.4 Å². The highest BCUT2D eigenvalue weighted by Gasteiger charge is 2.20. The number of pyridine rings is 1. The molecule has 0 unspecified atom stereocenters. The molecule has 0 aliphatic heterocycles. The normalized spacial score (nSPS) is 10.6. The predicted molar refractivity (Wildman–Crippen MR) is 108 cm³/mol. The number of amides is 2. The van der Waals surface area contributed by atoms with Gasteiger partial charge >= 0.3 is 0 Å². The first kappa shape index (κ1) is 21.6. The van der Waals surface area contributed by atoms with Gasteiger partial charge in [-0.3, -0.25) is 14.4 Å². The van der Waals surface area contributed by atoms with Gasteiger partial charge in [-0.2, -0.15) is 0 Å². The molecule has 2 rings (SSSR count). The van der Waals surface area contributed by atoms with Crippen LogP contribution in [0, 0.1) is 5.82 Å². The van der Waals surface area contributed by atoms with Gasteiger partial charge in [-0.05, 0) is 31.0 Å². The third kappa shape index (κ3) is 4.78. The minimum absolute atomic E-state index is 0.0707. The zero-order chi connectivity index (χ0) is 20.8. The number of benzene rings is 1. The molecule has 0 aliphatic carbocycles. The van der Waals surface area contributed by atoms with Gasteiger partial charge in [0.15, 0.2) is 0 Å². The highest BCUT2D eigenvalue weighted by molar-refractivity contribution is 6.34. The molecule has 0 aliphatic rings. The van der Waals surface area contributed by atoms with Crippen molar-refractivity contribution in [3.8, 4) is 0 Å². The molecule has 0 atom stereocenters. The second kappa shape index (κ2) is 9.50. The van der Waals surface area contributed by atoms with Gasteiger partial charge in [0, 0.05) is 26.3 Å². The van der Waals surface area contributed by atoms with Gasteiger partial charge in [0.1, 0.15) is 11.5 Å². The van der Waals surface area contributed by atoms with E-state index in [-0.39, 0.29) is 27.7 Å². The molecular formula is C20H23ClFN3O3. The Hall–Kier alpha value is -2.67. The van der Waals surface area contributed by atoms with Crippen LogP contribution < -0.4 is 10.9 Å². The van der Waals surface area contributed by atoms with Crippen molar-refractivity contribution in [2.75, 3.05) is 18.4 Å². The summed E-state index contributed by atoms with van der Waals surface area (Å²) in [5.74, 6) is -1.89. The number of hydrogen-bond acceptors (Lipinski definition) is 3. The number of carbonyl (C=O) groups excluding carboxylic acids is 2. The minimum Gasteiger partial charge on any atom is -0.339 e. The monoisotopic (exact) mass is 407 g/mol. The maximum Gasteiger partial charge on any atom is 0.274 e. The summed E-state index contributed by atoms with van der Waals surface area (Å²) in [6.07, 6.45) is 3.02. The second-order valence-corrected chi connectivity index (χ2v) is 6.81. The summed E-state index contributed by atoms with van der Waals surface area (Å²) in [7, 11) is 1.48. The number of carbonyl (C=O) groups is 2. The van der Waals surface area contributed by atoms with Gasteiger partial charge in [0.05, 0.1) is 16.1 Å². The van der Waals surface area contributed by atoms with Gasteiger partial charge in [-0.25, -0.2) is 4.39 Å². The summed E-state index contributed by atoms with van der Waals surface area (Å²) < 4.78 is 15.2. The van der Waals surface area contributed by atoms with E-state index >= 15 is 0 Å². The van der Waals surface area contributed by atoms with E-state index in [1.807, 2.05) is 13.8 Å². The van der Waals surface area contributed by atoms with E-state index in [0.29, 0.717) is 13.1 Å². The SMILES string of the molecule is CCCN(CCC)C(=O)c1cc(NC(=O)c2c(F)cccc2Cl)c(=O)n(C)c1. The fourth-order valence-electron chi connectivity index (χ4n) is 2.86. The van der Waals surface area contributed by atoms with Crippen LogP contribution in [0.2, 0.25) is 5.02 Å². The third-order valence-electron chi connectivity index (χ3n) is 4.14. The number of nitrogens with zero attached hydrogens (tertiary/aromatic N) is 2. The molecule has 0 saturated carbocycles. The highest BCUT2D eigenvalue weighted by Crippen LogP contribution is 2.20. The average molecular weight is 408 g/mol. The number of aryl methyl sites for hydroxylation is 1. The molecule has 0 spiro atoms. The number of anilines is 1. The van der Waals surface area contributed by atoms with Crippen LogP contribution in [0.1, 0.15) is 47.4 Å². The summed E-state index contributed by atoms with van der Waals surface area (Å²) >= 11 is 5.91. The molecule has 8 heteroatoms. The number of nitrogens with one attached hydrogen (secondary N) is 1. The Labute approximate surface area is 167 Å². The van der Waals surface area contributed by atoms with Gasteiger partial charge < -0.3 is 14.8 Å². The molecule has 1 N–H and O–H groups in total. The van der Waals surface area contributed by atoms with E-state index in [1.54, 1.807) is 4.90 Å². The van der Waals surface area contributed by atoms with Crippen LogP contribution in [0.5, 0.6) is 0 Å². The van der Waals surface area contributed by atoms with E-state index in [0.717, 1.165) is 18.9 Å². The molecule has 2 aromatic rings. The standard InChI is InChI=1S/C20H23ClFN3O3/c1-4-9-25(10-5-2)19(27)13-11-16(20(28)24(3)12-13)23-18(26)17-14(21)7-6-8-15(17)22/h6-8,11-12H,4-5,9-10H2,1-3H3,(H,23,26). The van der Waals surface area contributed by atoms with Gasteiger partial charge in [0.2, 0.25) is 0 Å². The lowest BCUT2D eigenvalue weighted by molar-refractivity contribution is 0.0754. The molecule has 0 fully saturated rings. The van der Waals surface area contributed by atoms with Crippen molar-refractivity contribution in [2.45, 2.75) is 26.7 Å². The van der Waals surface area contributed by atoms with Crippen molar-refractivity contribution in [1.29, 1.82) is 0 Å². The zero-order valence-electron chi connectivity index (χ0n) is 16.1. The topological polar surface area (TPSA) is 71.4 Å². The van der Waals surface area contributed by atoms with Crippen LogP contribution >= 0.6 is 11.6 Å². The van der Waals surface area contributed by atoms with Crippen LogP contribution in [0.25, 0.3) is 0 Å². The van der Waals surface area contributed by atoms with E-state index in [2.05, 4.69) is 5.32 Å². The Kier molecular flexibility index (Phi) is 7.34. The van der Waals surface area contributed by atoms with Crippen LogP contribution in [-0.2, 0) is 7.05 Å². The van der Waals surface area contributed by atoms with Crippen molar-refractivity contribution < 1.29 is 14.0 Å². The van der Waals surface area contributed by atoms with Crippen molar-refractivity contribution in [3.05, 3.63) is 62.8 Å². The van der Waals surface area contributed by atoms with Crippen molar-refractivity contribution in [2.24, 2.45) is 7.05 Å². The Morgan fingerprint density at radius 1 is 1.21 bits per heavy atom. The van der Waals surface area contributed by atoms with E-state index < -0.39 is 17.3 Å². The van der Waals surface area contributed by atoms with E-state index in [1.165, 1.54) is 36.0 Å². The first-order valence-corrected chi connectivity index (χ1v) is 9.43. The summed E-state index contributed by atoms with van der Waals surface area (Å²) in [6, 6.07) is 5.18. The number of hydrogen-bond donors (Lipinski definition) is 1. The minimum atomic E-state index is -0.858. The van der Waals surface area contributed by atoms with Crippen LogP contribution in [0.3, 0.4) is 0 Å². The zero-order valence-corrected chi connectivity index (χ0v) is 16.8. The molecule has 28 heavy (non-hydrogen) atoms.